The Hall–Kier alpha value is -3.84. The predicted molar refractivity (Wildman–Crippen MR) is 139 cm³/mol. The van der Waals surface area contributed by atoms with Gasteiger partial charge >= 0.3 is 0 Å². The molecule has 0 aliphatic heterocycles. The summed E-state index contributed by atoms with van der Waals surface area (Å²) in [5.74, 6) is -0.0260. The monoisotopic (exact) mass is 468 g/mol. The first-order valence-corrected chi connectivity index (χ1v) is 12.0. The maximum absolute atomic E-state index is 13.6. The fourth-order valence-electron chi connectivity index (χ4n) is 3.96. The maximum atomic E-state index is 13.6. The van der Waals surface area contributed by atoms with E-state index in [1.807, 2.05) is 87.5 Å². The first-order valence-electron chi connectivity index (χ1n) is 11.0. The van der Waals surface area contributed by atoms with Gasteiger partial charge in [0.25, 0.3) is 5.56 Å². The summed E-state index contributed by atoms with van der Waals surface area (Å²) in [7, 11) is 0. The summed E-state index contributed by atoms with van der Waals surface area (Å²) >= 11 is 1.25. The number of hydrogen-bond donors (Lipinski definition) is 2. The third-order valence-electron chi connectivity index (χ3n) is 6.00. The van der Waals surface area contributed by atoms with Crippen LogP contribution in [0.3, 0.4) is 0 Å². The fourth-order valence-corrected chi connectivity index (χ4v) is 4.77. The van der Waals surface area contributed by atoms with Crippen LogP contribution in [0.25, 0.3) is 27.6 Å². The van der Waals surface area contributed by atoms with E-state index >= 15 is 0 Å². The van der Waals surface area contributed by atoms with Crippen molar-refractivity contribution in [1.82, 2.24) is 14.5 Å². The van der Waals surface area contributed by atoms with Crippen LogP contribution >= 0.6 is 11.8 Å². The second kappa shape index (κ2) is 8.83. The molecule has 0 radical (unpaired) electrons. The van der Waals surface area contributed by atoms with Gasteiger partial charge in [-0.25, -0.2) is 4.98 Å². The third-order valence-corrected chi connectivity index (χ3v) is 6.94. The summed E-state index contributed by atoms with van der Waals surface area (Å²) in [5, 5.41) is 4.34. The number of rotatable bonds is 5. The molecule has 5 aromatic rings. The van der Waals surface area contributed by atoms with Gasteiger partial charge in [0.05, 0.1) is 11.4 Å². The summed E-state index contributed by atoms with van der Waals surface area (Å²) in [6.07, 6.45) is 0. The van der Waals surface area contributed by atoms with Crippen LogP contribution in [0.2, 0.25) is 0 Å². The zero-order valence-corrected chi connectivity index (χ0v) is 20.0. The summed E-state index contributed by atoms with van der Waals surface area (Å²) in [6.45, 7) is 6.00. The van der Waals surface area contributed by atoms with Gasteiger partial charge in [0.2, 0.25) is 5.91 Å². The first-order chi connectivity index (χ1) is 16.4. The highest BCUT2D eigenvalue weighted by Gasteiger charge is 2.18. The lowest BCUT2D eigenvalue weighted by Crippen LogP contribution is -2.23. The molecule has 2 N–H and O–H groups in total. The van der Waals surface area contributed by atoms with Crippen molar-refractivity contribution >= 4 is 45.3 Å². The van der Waals surface area contributed by atoms with Gasteiger partial charge in [0.1, 0.15) is 11.0 Å². The number of aromatic amines is 1. The number of nitrogens with zero attached hydrogens (tertiary/aromatic N) is 2. The summed E-state index contributed by atoms with van der Waals surface area (Å²) in [4.78, 5) is 34.5. The molecule has 0 atom stereocenters. The first kappa shape index (κ1) is 22.0. The van der Waals surface area contributed by atoms with E-state index in [0.29, 0.717) is 21.9 Å². The molecule has 34 heavy (non-hydrogen) atoms. The van der Waals surface area contributed by atoms with Gasteiger partial charge in [-0.1, -0.05) is 59.8 Å². The lowest BCUT2D eigenvalue weighted by atomic mass is 10.1. The quantitative estimate of drug-likeness (QED) is 0.263. The van der Waals surface area contributed by atoms with Gasteiger partial charge < -0.3 is 10.3 Å². The van der Waals surface area contributed by atoms with Gasteiger partial charge in [-0.2, -0.15) is 0 Å². The van der Waals surface area contributed by atoms with Crippen LogP contribution in [-0.2, 0) is 4.79 Å². The third kappa shape index (κ3) is 3.99. The molecule has 1 amide bonds. The Balaban J connectivity index is 1.55. The van der Waals surface area contributed by atoms with E-state index < -0.39 is 0 Å². The Morgan fingerprint density at radius 1 is 1.00 bits per heavy atom. The molecule has 0 bridgehead atoms. The van der Waals surface area contributed by atoms with E-state index in [-0.39, 0.29) is 17.2 Å². The number of benzene rings is 3. The molecule has 0 unspecified atom stereocenters. The number of fused-ring (bicyclic) bond motifs is 3. The van der Waals surface area contributed by atoms with Crippen molar-refractivity contribution in [2.75, 3.05) is 11.1 Å². The predicted octanol–water partition coefficient (Wildman–Crippen LogP) is 5.52. The number of carbonyl (C=O) groups is 1. The molecule has 2 aromatic heterocycles. The molecule has 0 aliphatic rings. The normalized spacial score (nSPS) is 11.3. The van der Waals surface area contributed by atoms with Gasteiger partial charge in [0, 0.05) is 16.6 Å². The number of aryl methyl sites for hydroxylation is 2. The molecule has 5 rings (SSSR count). The topological polar surface area (TPSA) is 79.8 Å². The van der Waals surface area contributed by atoms with Crippen molar-refractivity contribution in [3.63, 3.8) is 0 Å². The van der Waals surface area contributed by atoms with Gasteiger partial charge in [0.15, 0.2) is 5.16 Å². The molecule has 2 heterocycles. The molecule has 0 fully saturated rings. The van der Waals surface area contributed by atoms with Gasteiger partial charge in [-0.05, 0) is 56.2 Å². The Bertz CT molecular complexity index is 1600. The average Bonchev–Trinajstić information content (AvgIpc) is 3.21. The zero-order chi connectivity index (χ0) is 23.8. The van der Waals surface area contributed by atoms with E-state index in [9.17, 15) is 9.59 Å². The SMILES string of the molecule is Cc1ccc(-n2c(SCC(=O)Nc3cccc(C)c3C)nc3c([nH]c4ccccc43)c2=O)cc1. The van der Waals surface area contributed by atoms with Crippen LogP contribution in [0, 0.1) is 20.8 Å². The second-order valence-corrected chi connectivity index (χ2v) is 9.29. The Labute approximate surface area is 201 Å². The van der Waals surface area contributed by atoms with Gasteiger partial charge in [-0.3, -0.25) is 14.2 Å². The number of H-pyrrole nitrogens is 1. The Morgan fingerprint density at radius 2 is 1.76 bits per heavy atom. The van der Waals surface area contributed by atoms with Crippen LogP contribution in [0.15, 0.2) is 76.7 Å². The average molecular weight is 469 g/mol. The van der Waals surface area contributed by atoms with Crippen molar-refractivity contribution in [3.05, 3.63) is 93.8 Å². The zero-order valence-electron chi connectivity index (χ0n) is 19.2. The highest BCUT2D eigenvalue weighted by Crippen LogP contribution is 2.27. The number of amides is 1. The number of hydrogen-bond acceptors (Lipinski definition) is 4. The highest BCUT2D eigenvalue weighted by atomic mass is 32.2. The van der Waals surface area contributed by atoms with E-state index in [0.717, 1.165) is 33.3 Å². The molecule has 3 aromatic carbocycles. The summed E-state index contributed by atoms with van der Waals surface area (Å²) < 4.78 is 1.58. The Kier molecular flexibility index (Phi) is 5.71. The van der Waals surface area contributed by atoms with E-state index in [2.05, 4.69) is 10.3 Å². The smallest absolute Gasteiger partial charge is 0.283 e. The molecular weight excluding hydrogens is 444 g/mol. The van der Waals surface area contributed by atoms with Crippen molar-refractivity contribution in [3.8, 4) is 5.69 Å². The van der Waals surface area contributed by atoms with Crippen LogP contribution in [0.4, 0.5) is 5.69 Å². The molecule has 6 nitrogen and oxygen atoms in total. The second-order valence-electron chi connectivity index (χ2n) is 8.35. The minimum atomic E-state index is -0.192. The van der Waals surface area contributed by atoms with Crippen molar-refractivity contribution < 1.29 is 4.79 Å². The molecule has 0 spiro atoms. The number of nitrogens with one attached hydrogen (secondary N) is 2. The van der Waals surface area contributed by atoms with Crippen molar-refractivity contribution in [1.29, 1.82) is 0 Å². The summed E-state index contributed by atoms with van der Waals surface area (Å²) in [6, 6.07) is 21.3. The van der Waals surface area contributed by atoms with Crippen molar-refractivity contribution in [2.24, 2.45) is 0 Å². The molecular formula is C27H24N4O2S. The number of thioether (sulfide) groups is 1. The standard InChI is InChI=1S/C27H24N4O2S/c1-16-11-13-19(14-12-16)31-26(33)25-24(20-8-4-5-9-22(20)29-25)30-27(31)34-15-23(32)28-21-10-6-7-17(2)18(21)3/h4-14,29H,15H2,1-3H3,(H,28,32). The van der Waals surface area contributed by atoms with Crippen LogP contribution in [0.1, 0.15) is 16.7 Å². The minimum absolute atomic E-state index is 0.125. The molecule has 0 saturated heterocycles. The number of anilines is 1. The molecule has 0 aliphatic carbocycles. The fraction of sp³-hybridized carbons (Fsp3) is 0.148. The maximum Gasteiger partial charge on any atom is 0.283 e. The largest absolute Gasteiger partial charge is 0.349 e. The van der Waals surface area contributed by atoms with Crippen LogP contribution in [-0.4, -0.2) is 26.2 Å². The van der Waals surface area contributed by atoms with Crippen LogP contribution in [0.5, 0.6) is 0 Å². The Morgan fingerprint density at radius 3 is 2.56 bits per heavy atom. The number of aromatic nitrogens is 3. The minimum Gasteiger partial charge on any atom is -0.349 e. The molecule has 170 valence electrons. The van der Waals surface area contributed by atoms with Crippen molar-refractivity contribution in [2.45, 2.75) is 25.9 Å². The van der Waals surface area contributed by atoms with Gasteiger partial charge in [-0.15, -0.1) is 0 Å². The summed E-state index contributed by atoms with van der Waals surface area (Å²) in [5.41, 5.74) is 6.48. The molecule has 7 heteroatoms. The number of para-hydroxylation sites is 1. The lowest BCUT2D eigenvalue weighted by Gasteiger charge is -2.13. The van der Waals surface area contributed by atoms with E-state index in [4.69, 9.17) is 4.98 Å². The molecule has 0 saturated carbocycles. The highest BCUT2D eigenvalue weighted by molar-refractivity contribution is 7.99. The number of carbonyl (C=O) groups excluding carboxylic acids is 1. The van der Waals surface area contributed by atoms with Crippen LogP contribution < -0.4 is 10.9 Å². The van der Waals surface area contributed by atoms with E-state index in [1.165, 1.54) is 11.8 Å². The lowest BCUT2D eigenvalue weighted by molar-refractivity contribution is -0.113. The van der Waals surface area contributed by atoms with E-state index in [1.54, 1.807) is 4.57 Å².